The van der Waals surface area contributed by atoms with Gasteiger partial charge in [-0.25, -0.2) is 0 Å². The highest BCUT2D eigenvalue weighted by Crippen LogP contribution is 2.29. The first-order chi connectivity index (χ1) is 7.16. The fraction of sp³-hybridized carbons (Fsp3) is 0.333. The minimum Gasteiger partial charge on any atom is -0.489 e. The van der Waals surface area contributed by atoms with Gasteiger partial charge in [-0.2, -0.15) is 0 Å². The largest absolute Gasteiger partial charge is 0.489 e. The summed E-state index contributed by atoms with van der Waals surface area (Å²) in [7, 11) is 0. The maximum atomic E-state index is 10.4. The van der Waals surface area contributed by atoms with Gasteiger partial charge >= 0.3 is 0 Å². The molecule has 0 bridgehead atoms. The molecule has 1 aromatic carbocycles. The van der Waals surface area contributed by atoms with Crippen molar-refractivity contribution in [2.75, 3.05) is 13.2 Å². The molecule has 0 radical (unpaired) electrons. The third kappa shape index (κ3) is 2.57. The fourth-order valence-electron chi connectivity index (χ4n) is 1.07. The highest BCUT2D eigenvalue weighted by atomic mass is 35.5. The molecule has 1 fully saturated rings. The second kappa shape index (κ2) is 4.04. The summed E-state index contributed by atoms with van der Waals surface area (Å²) in [6, 6.07) is 4.11. The van der Waals surface area contributed by atoms with Crippen molar-refractivity contribution in [3.05, 3.63) is 33.3 Å². The molecule has 1 unspecified atom stereocenters. The van der Waals surface area contributed by atoms with Crippen LogP contribution in [-0.4, -0.2) is 24.2 Å². The average Bonchev–Trinajstić information content (AvgIpc) is 2.99. The topological polar surface area (TPSA) is 64.9 Å². The smallest absolute Gasteiger partial charge is 0.271 e. The summed E-state index contributed by atoms with van der Waals surface area (Å²) >= 11 is 5.81. The molecule has 5 nitrogen and oxygen atoms in total. The molecular weight excluding hydrogens is 222 g/mol. The molecule has 1 aliphatic rings. The summed E-state index contributed by atoms with van der Waals surface area (Å²) in [6.07, 6.45) is 0.135. The number of ether oxygens (including phenoxy) is 2. The zero-order valence-electron chi connectivity index (χ0n) is 7.68. The van der Waals surface area contributed by atoms with Gasteiger partial charge in [0.2, 0.25) is 0 Å². The molecule has 0 saturated carbocycles. The van der Waals surface area contributed by atoms with Crippen molar-refractivity contribution in [1.82, 2.24) is 0 Å². The van der Waals surface area contributed by atoms with Crippen LogP contribution in [0.5, 0.6) is 5.75 Å². The zero-order valence-corrected chi connectivity index (χ0v) is 8.44. The van der Waals surface area contributed by atoms with Gasteiger partial charge < -0.3 is 9.47 Å². The Morgan fingerprint density at radius 2 is 2.40 bits per heavy atom. The van der Waals surface area contributed by atoms with Gasteiger partial charge in [-0.05, 0) is 6.07 Å². The van der Waals surface area contributed by atoms with E-state index >= 15 is 0 Å². The first-order valence-corrected chi connectivity index (χ1v) is 4.73. The third-order valence-electron chi connectivity index (χ3n) is 1.95. The first-order valence-electron chi connectivity index (χ1n) is 4.35. The van der Waals surface area contributed by atoms with E-state index in [1.165, 1.54) is 18.2 Å². The SMILES string of the molecule is O=[N+]([O-])c1ccc(OCC2CO2)c(Cl)c1. The Kier molecular flexibility index (Phi) is 2.75. The van der Waals surface area contributed by atoms with Gasteiger partial charge in [0.1, 0.15) is 18.5 Å². The van der Waals surface area contributed by atoms with Crippen LogP contribution < -0.4 is 4.74 Å². The van der Waals surface area contributed by atoms with Gasteiger partial charge in [-0.15, -0.1) is 0 Å². The molecule has 0 aromatic heterocycles. The fourth-order valence-corrected chi connectivity index (χ4v) is 1.30. The number of hydrogen-bond acceptors (Lipinski definition) is 4. The van der Waals surface area contributed by atoms with E-state index in [2.05, 4.69) is 0 Å². The van der Waals surface area contributed by atoms with E-state index in [1.807, 2.05) is 0 Å². The van der Waals surface area contributed by atoms with Gasteiger partial charge in [0.15, 0.2) is 0 Å². The Bertz CT molecular complexity index is 392. The minimum absolute atomic E-state index is 0.0463. The zero-order chi connectivity index (χ0) is 10.8. The third-order valence-corrected chi connectivity index (χ3v) is 2.25. The molecular formula is C9H8ClNO4. The molecule has 1 saturated heterocycles. The Labute approximate surface area is 90.7 Å². The maximum absolute atomic E-state index is 10.4. The second-order valence-corrected chi connectivity index (χ2v) is 3.55. The maximum Gasteiger partial charge on any atom is 0.271 e. The Hall–Kier alpha value is -1.33. The lowest BCUT2D eigenvalue weighted by Crippen LogP contribution is -2.04. The van der Waals surface area contributed by atoms with Gasteiger partial charge in [0.25, 0.3) is 5.69 Å². The first kappa shape index (κ1) is 10.2. The van der Waals surface area contributed by atoms with E-state index in [9.17, 15) is 10.1 Å². The highest BCUT2D eigenvalue weighted by Gasteiger charge is 2.23. The Balaban J connectivity index is 2.07. The van der Waals surface area contributed by atoms with Crippen molar-refractivity contribution in [3.63, 3.8) is 0 Å². The highest BCUT2D eigenvalue weighted by molar-refractivity contribution is 6.32. The molecule has 0 N–H and O–H groups in total. The average molecular weight is 230 g/mol. The van der Waals surface area contributed by atoms with E-state index in [1.54, 1.807) is 0 Å². The van der Waals surface area contributed by atoms with E-state index in [4.69, 9.17) is 21.1 Å². The lowest BCUT2D eigenvalue weighted by Gasteiger charge is -2.05. The predicted molar refractivity (Wildman–Crippen MR) is 53.3 cm³/mol. The van der Waals surface area contributed by atoms with Crippen LogP contribution in [0.25, 0.3) is 0 Å². The molecule has 6 heteroatoms. The number of epoxide rings is 1. The van der Waals surface area contributed by atoms with Crippen molar-refractivity contribution in [1.29, 1.82) is 0 Å². The molecule has 2 rings (SSSR count). The number of nitro benzene ring substituents is 1. The van der Waals surface area contributed by atoms with Crippen molar-refractivity contribution < 1.29 is 14.4 Å². The van der Waals surface area contributed by atoms with Crippen LogP contribution in [-0.2, 0) is 4.74 Å². The number of benzene rings is 1. The summed E-state index contributed by atoms with van der Waals surface area (Å²) in [5.74, 6) is 0.442. The van der Waals surface area contributed by atoms with Crippen LogP contribution in [0.4, 0.5) is 5.69 Å². The normalized spacial score (nSPS) is 18.6. The Morgan fingerprint density at radius 3 is 2.93 bits per heavy atom. The summed E-state index contributed by atoms with van der Waals surface area (Å²) in [5, 5.41) is 10.7. The number of nitrogens with zero attached hydrogens (tertiary/aromatic N) is 1. The van der Waals surface area contributed by atoms with Crippen LogP contribution in [0.15, 0.2) is 18.2 Å². The van der Waals surface area contributed by atoms with E-state index in [-0.39, 0.29) is 16.8 Å². The molecule has 15 heavy (non-hydrogen) atoms. The number of rotatable bonds is 4. The van der Waals surface area contributed by atoms with Crippen LogP contribution in [0.1, 0.15) is 0 Å². The number of nitro groups is 1. The summed E-state index contributed by atoms with van der Waals surface area (Å²) in [5.41, 5.74) is -0.0463. The molecule has 0 aliphatic carbocycles. The monoisotopic (exact) mass is 229 g/mol. The molecule has 0 spiro atoms. The molecule has 80 valence electrons. The quantitative estimate of drug-likeness (QED) is 0.450. The van der Waals surface area contributed by atoms with Crippen LogP contribution >= 0.6 is 11.6 Å². The lowest BCUT2D eigenvalue weighted by molar-refractivity contribution is -0.384. The number of halogens is 1. The molecule has 0 amide bonds. The van der Waals surface area contributed by atoms with E-state index < -0.39 is 4.92 Å². The number of non-ortho nitro benzene ring substituents is 1. The van der Waals surface area contributed by atoms with Crippen LogP contribution in [0.3, 0.4) is 0 Å². The van der Waals surface area contributed by atoms with Crippen molar-refractivity contribution in [2.45, 2.75) is 6.10 Å². The molecule has 1 aromatic rings. The molecule has 1 atom stereocenters. The summed E-state index contributed by atoms with van der Waals surface area (Å²) in [6.45, 7) is 1.13. The van der Waals surface area contributed by atoms with Crippen molar-refractivity contribution in [3.8, 4) is 5.75 Å². The van der Waals surface area contributed by atoms with Gasteiger partial charge in [-0.3, -0.25) is 10.1 Å². The lowest BCUT2D eigenvalue weighted by atomic mass is 10.3. The van der Waals surface area contributed by atoms with Gasteiger partial charge in [0, 0.05) is 12.1 Å². The van der Waals surface area contributed by atoms with Crippen LogP contribution in [0.2, 0.25) is 5.02 Å². The predicted octanol–water partition coefficient (Wildman–Crippen LogP) is 2.03. The van der Waals surface area contributed by atoms with Crippen LogP contribution in [0, 0.1) is 10.1 Å². The molecule has 1 aliphatic heterocycles. The Morgan fingerprint density at radius 1 is 1.67 bits per heavy atom. The van der Waals surface area contributed by atoms with Crippen molar-refractivity contribution in [2.24, 2.45) is 0 Å². The second-order valence-electron chi connectivity index (χ2n) is 3.14. The van der Waals surface area contributed by atoms with Gasteiger partial charge in [0.05, 0.1) is 16.6 Å². The number of hydrogen-bond donors (Lipinski definition) is 0. The van der Waals surface area contributed by atoms with Gasteiger partial charge in [-0.1, -0.05) is 11.6 Å². The van der Waals surface area contributed by atoms with E-state index in [0.717, 1.165) is 0 Å². The minimum atomic E-state index is -0.500. The summed E-state index contributed by atoms with van der Waals surface area (Å²) < 4.78 is 10.3. The van der Waals surface area contributed by atoms with E-state index in [0.29, 0.717) is 19.0 Å². The summed E-state index contributed by atoms with van der Waals surface area (Å²) in [4.78, 5) is 9.93. The molecule has 1 heterocycles. The van der Waals surface area contributed by atoms with Crippen molar-refractivity contribution >= 4 is 17.3 Å². The standard InChI is InChI=1S/C9H8ClNO4/c10-8-3-6(11(12)13)1-2-9(8)15-5-7-4-14-7/h1-3,7H,4-5H2.